The number of sulfonamides is 1. The van der Waals surface area contributed by atoms with Crippen LogP contribution in [-0.2, 0) is 22.4 Å². The van der Waals surface area contributed by atoms with E-state index in [0.29, 0.717) is 18.1 Å². The van der Waals surface area contributed by atoms with E-state index < -0.39 is 10.0 Å². The Kier molecular flexibility index (Phi) is 4.42. The molecule has 0 saturated heterocycles. The second kappa shape index (κ2) is 5.90. The molecule has 1 heterocycles. The molecule has 0 atom stereocenters. The van der Waals surface area contributed by atoms with E-state index in [1.54, 1.807) is 29.1 Å². The van der Waals surface area contributed by atoms with E-state index >= 15 is 0 Å². The molecule has 6 nitrogen and oxygen atoms in total. The first-order valence-electron chi connectivity index (χ1n) is 5.90. The lowest BCUT2D eigenvalue weighted by molar-refractivity contribution is 0.520. The van der Waals surface area contributed by atoms with Crippen molar-refractivity contribution in [3.8, 4) is 0 Å². The van der Waals surface area contributed by atoms with Gasteiger partial charge >= 0.3 is 0 Å². The molecular formula is C12H15ClN4O2S. The molecule has 0 N–H and O–H groups in total. The molecule has 0 aliphatic carbocycles. The molecule has 0 spiro atoms. The SMILES string of the molecule is CN(C)S(=O)(=O)c1cccc(Cn2cc(CCl)nn2)c1. The molecule has 0 fully saturated rings. The molecule has 0 amide bonds. The van der Waals surface area contributed by atoms with Crippen LogP contribution in [0.1, 0.15) is 11.3 Å². The lowest BCUT2D eigenvalue weighted by Gasteiger charge is -2.12. The molecule has 0 unspecified atom stereocenters. The van der Waals surface area contributed by atoms with Crippen molar-refractivity contribution in [1.82, 2.24) is 19.3 Å². The second-order valence-electron chi connectivity index (χ2n) is 4.48. The van der Waals surface area contributed by atoms with Gasteiger partial charge in [-0.25, -0.2) is 17.4 Å². The van der Waals surface area contributed by atoms with Gasteiger partial charge in [0.25, 0.3) is 0 Å². The number of halogens is 1. The summed E-state index contributed by atoms with van der Waals surface area (Å²) in [4.78, 5) is 0.262. The highest BCUT2D eigenvalue weighted by atomic mass is 35.5. The molecule has 0 radical (unpaired) electrons. The zero-order valence-corrected chi connectivity index (χ0v) is 12.8. The Bertz CT molecular complexity index is 697. The van der Waals surface area contributed by atoms with Gasteiger partial charge in [-0.05, 0) is 17.7 Å². The fourth-order valence-corrected chi connectivity index (χ4v) is 2.77. The maximum absolute atomic E-state index is 12.1. The topological polar surface area (TPSA) is 68.1 Å². The van der Waals surface area contributed by atoms with Gasteiger partial charge in [0, 0.05) is 14.1 Å². The molecule has 2 rings (SSSR count). The fraction of sp³-hybridized carbons (Fsp3) is 0.333. The van der Waals surface area contributed by atoms with E-state index in [4.69, 9.17) is 11.6 Å². The van der Waals surface area contributed by atoms with Crippen LogP contribution in [0.5, 0.6) is 0 Å². The van der Waals surface area contributed by atoms with Crippen LogP contribution in [0.2, 0.25) is 0 Å². The molecular weight excluding hydrogens is 300 g/mol. The van der Waals surface area contributed by atoms with Crippen LogP contribution < -0.4 is 0 Å². The molecule has 2 aromatic rings. The summed E-state index contributed by atoms with van der Waals surface area (Å²) < 4.78 is 26.9. The number of aromatic nitrogens is 3. The first-order chi connectivity index (χ1) is 9.43. The van der Waals surface area contributed by atoms with E-state index in [2.05, 4.69) is 10.3 Å². The summed E-state index contributed by atoms with van der Waals surface area (Å²) in [5, 5.41) is 7.82. The van der Waals surface area contributed by atoms with E-state index in [1.807, 2.05) is 6.07 Å². The van der Waals surface area contributed by atoms with Gasteiger partial charge in [-0.3, -0.25) is 0 Å². The summed E-state index contributed by atoms with van der Waals surface area (Å²) in [6, 6.07) is 6.77. The number of benzene rings is 1. The number of alkyl halides is 1. The Balaban J connectivity index is 2.26. The molecule has 8 heteroatoms. The number of nitrogens with zero attached hydrogens (tertiary/aromatic N) is 4. The summed E-state index contributed by atoms with van der Waals surface area (Å²) in [6.45, 7) is 0.445. The predicted molar refractivity (Wildman–Crippen MR) is 76.0 cm³/mol. The fourth-order valence-electron chi connectivity index (χ4n) is 1.68. The van der Waals surface area contributed by atoms with Gasteiger partial charge in [0.1, 0.15) is 0 Å². The van der Waals surface area contributed by atoms with Crippen LogP contribution in [0.3, 0.4) is 0 Å². The van der Waals surface area contributed by atoms with Crippen molar-refractivity contribution in [2.24, 2.45) is 0 Å². The van der Waals surface area contributed by atoms with Crippen LogP contribution in [0, 0.1) is 0 Å². The third-order valence-corrected chi connectivity index (χ3v) is 4.83. The Labute approximate surface area is 123 Å². The summed E-state index contributed by atoms with van der Waals surface area (Å²) in [5.41, 5.74) is 1.52. The second-order valence-corrected chi connectivity index (χ2v) is 6.90. The first kappa shape index (κ1) is 15.0. The smallest absolute Gasteiger partial charge is 0.242 e. The van der Waals surface area contributed by atoms with Crippen LogP contribution in [0.15, 0.2) is 35.4 Å². The molecule has 1 aromatic heterocycles. The lowest BCUT2D eigenvalue weighted by Crippen LogP contribution is -2.22. The van der Waals surface area contributed by atoms with Crippen molar-refractivity contribution in [3.05, 3.63) is 41.7 Å². The quantitative estimate of drug-likeness (QED) is 0.781. The predicted octanol–water partition coefficient (Wildman–Crippen LogP) is 1.32. The molecule has 20 heavy (non-hydrogen) atoms. The minimum absolute atomic E-state index is 0.262. The molecule has 108 valence electrons. The van der Waals surface area contributed by atoms with Gasteiger partial charge in [-0.2, -0.15) is 0 Å². The van der Waals surface area contributed by atoms with Crippen LogP contribution in [-0.4, -0.2) is 41.8 Å². The van der Waals surface area contributed by atoms with Gasteiger partial charge in [-0.15, -0.1) is 16.7 Å². The largest absolute Gasteiger partial charge is 0.248 e. The normalized spacial score (nSPS) is 12.0. The third-order valence-electron chi connectivity index (χ3n) is 2.74. The zero-order valence-electron chi connectivity index (χ0n) is 11.2. The maximum atomic E-state index is 12.1. The van der Waals surface area contributed by atoms with Crippen molar-refractivity contribution in [2.45, 2.75) is 17.3 Å². The molecule has 1 aromatic carbocycles. The first-order valence-corrected chi connectivity index (χ1v) is 7.87. The monoisotopic (exact) mass is 314 g/mol. The number of hydrogen-bond acceptors (Lipinski definition) is 4. The molecule has 0 bridgehead atoms. The molecule has 0 aliphatic heterocycles. The van der Waals surface area contributed by atoms with Crippen LogP contribution in [0.25, 0.3) is 0 Å². The molecule has 0 saturated carbocycles. The number of rotatable bonds is 5. The summed E-state index contributed by atoms with van der Waals surface area (Å²) >= 11 is 5.66. The van der Waals surface area contributed by atoms with Crippen LogP contribution in [0.4, 0.5) is 0 Å². The Hall–Kier alpha value is -1.44. The van der Waals surface area contributed by atoms with Crippen LogP contribution >= 0.6 is 11.6 Å². The van der Waals surface area contributed by atoms with Crippen molar-refractivity contribution >= 4 is 21.6 Å². The average molecular weight is 315 g/mol. The highest BCUT2D eigenvalue weighted by molar-refractivity contribution is 7.89. The van der Waals surface area contributed by atoms with Crippen molar-refractivity contribution in [3.63, 3.8) is 0 Å². The van der Waals surface area contributed by atoms with E-state index in [1.165, 1.54) is 18.4 Å². The number of hydrogen-bond donors (Lipinski definition) is 0. The Morgan fingerprint density at radius 2 is 2.10 bits per heavy atom. The van der Waals surface area contributed by atoms with Crippen molar-refractivity contribution < 1.29 is 8.42 Å². The van der Waals surface area contributed by atoms with Gasteiger partial charge in [0.2, 0.25) is 10.0 Å². The van der Waals surface area contributed by atoms with Gasteiger partial charge in [0.15, 0.2) is 0 Å². The van der Waals surface area contributed by atoms with Crippen molar-refractivity contribution in [2.75, 3.05) is 14.1 Å². The summed E-state index contributed by atoms with van der Waals surface area (Å²) in [6.07, 6.45) is 1.74. The minimum atomic E-state index is -3.42. The lowest BCUT2D eigenvalue weighted by atomic mass is 10.2. The van der Waals surface area contributed by atoms with Gasteiger partial charge < -0.3 is 0 Å². The molecule has 0 aliphatic rings. The Morgan fingerprint density at radius 3 is 2.70 bits per heavy atom. The minimum Gasteiger partial charge on any atom is -0.248 e. The maximum Gasteiger partial charge on any atom is 0.242 e. The average Bonchev–Trinajstić information content (AvgIpc) is 2.86. The zero-order chi connectivity index (χ0) is 14.8. The highest BCUT2D eigenvalue weighted by Crippen LogP contribution is 2.15. The Morgan fingerprint density at radius 1 is 1.35 bits per heavy atom. The van der Waals surface area contributed by atoms with Crippen molar-refractivity contribution in [1.29, 1.82) is 0 Å². The third kappa shape index (κ3) is 3.17. The summed E-state index contributed by atoms with van der Waals surface area (Å²) in [5.74, 6) is 0.301. The van der Waals surface area contributed by atoms with Gasteiger partial charge in [0.05, 0.1) is 29.2 Å². The van der Waals surface area contributed by atoms with E-state index in [-0.39, 0.29) is 4.90 Å². The standard InChI is InChI=1S/C12H15ClN4O2S/c1-16(2)20(18,19)12-5-3-4-10(6-12)8-17-9-11(7-13)14-15-17/h3-6,9H,7-8H2,1-2H3. The van der Waals surface area contributed by atoms with E-state index in [9.17, 15) is 8.42 Å². The highest BCUT2D eigenvalue weighted by Gasteiger charge is 2.17. The van der Waals surface area contributed by atoms with Gasteiger partial charge in [-0.1, -0.05) is 17.3 Å². The van der Waals surface area contributed by atoms with E-state index in [0.717, 1.165) is 5.56 Å². The summed E-state index contributed by atoms with van der Waals surface area (Å²) in [7, 11) is -0.412.